The Labute approximate surface area is 141 Å². The molecule has 0 aliphatic carbocycles. The van der Waals surface area contributed by atoms with E-state index in [-0.39, 0.29) is 0 Å². The Balaban J connectivity index is 2.98. The van der Waals surface area contributed by atoms with Crippen LogP contribution < -0.4 is 0 Å². The molecule has 0 unspecified atom stereocenters. The van der Waals surface area contributed by atoms with Gasteiger partial charge in [0.1, 0.15) is 0 Å². The average Bonchev–Trinajstić information content (AvgIpc) is 2.23. The second kappa shape index (κ2) is 7.06. The van der Waals surface area contributed by atoms with Crippen molar-refractivity contribution in [1.29, 1.82) is 0 Å². The quantitative estimate of drug-likeness (QED) is 0.561. The van der Waals surface area contributed by atoms with Crippen LogP contribution >= 0.6 is 15.9 Å². The zero-order chi connectivity index (χ0) is 16.3. The first kappa shape index (κ1) is 19.1. The van der Waals surface area contributed by atoms with E-state index in [9.17, 15) is 0 Å². The first-order chi connectivity index (χ1) is 9.39. The molecule has 2 nitrogen and oxygen atoms in total. The molecule has 21 heavy (non-hydrogen) atoms. The van der Waals surface area contributed by atoms with Crippen LogP contribution in [0.4, 0.5) is 0 Å². The van der Waals surface area contributed by atoms with E-state index in [0.29, 0.717) is 0 Å². The summed E-state index contributed by atoms with van der Waals surface area (Å²) < 4.78 is 14.0. The number of rotatable bonds is 6. The van der Waals surface area contributed by atoms with Gasteiger partial charge in [-0.2, -0.15) is 0 Å². The highest BCUT2D eigenvalue weighted by molar-refractivity contribution is 9.10. The Hall–Kier alpha value is 0.0106. The number of hydrogen-bond donors (Lipinski definition) is 0. The highest BCUT2D eigenvalue weighted by Crippen LogP contribution is 2.23. The third-order valence-corrected chi connectivity index (χ3v) is 11.9. The third kappa shape index (κ3) is 8.27. The van der Waals surface area contributed by atoms with E-state index in [4.69, 9.17) is 8.23 Å². The standard InChI is InChI=1S/C15H27BrO2Si3/c1-19(2,3)17-21(7,18-20(4,5)6)13-12-14-8-10-15(16)11-9-14/h8-13H,1-7H3/b13-12-. The van der Waals surface area contributed by atoms with Gasteiger partial charge < -0.3 is 8.23 Å². The number of halogens is 1. The molecular formula is C15H27BrO2Si3. The predicted molar refractivity (Wildman–Crippen MR) is 104 cm³/mol. The van der Waals surface area contributed by atoms with Gasteiger partial charge in [0, 0.05) is 4.47 Å². The van der Waals surface area contributed by atoms with Crippen LogP contribution in [0.1, 0.15) is 5.56 Å². The molecule has 1 rings (SSSR count). The second-order valence-electron chi connectivity index (χ2n) is 7.33. The topological polar surface area (TPSA) is 18.5 Å². The summed E-state index contributed by atoms with van der Waals surface area (Å²) in [6, 6.07) is 8.30. The summed E-state index contributed by atoms with van der Waals surface area (Å²) in [4.78, 5) is 0. The van der Waals surface area contributed by atoms with E-state index in [1.54, 1.807) is 0 Å². The molecule has 0 bridgehead atoms. The van der Waals surface area contributed by atoms with Crippen molar-refractivity contribution < 1.29 is 8.23 Å². The summed E-state index contributed by atoms with van der Waals surface area (Å²) in [6.07, 6.45) is 2.14. The Bertz CT molecular complexity index is 471. The molecule has 0 amide bonds. The predicted octanol–water partition coefficient (Wildman–Crippen LogP) is 5.78. The molecule has 0 heterocycles. The first-order valence-electron chi connectivity index (χ1n) is 7.24. The van der Waals surface area contributed by atoms with Crippen LogP contribution in [0.3, 0.4) is 0 Å². The molecule has 0 fully saturated rings. The normalized spacial score (nSPS) is 13.9. The fourth-order valence-electron chi connectivity index (χ4n) is 2.13. The number of benzene rings is 1. The van der Waals surface area contributed by atoms with Gasteiger partial charge in [-0.25, -0.2) is 0 Å². The van der Waals surface area contributed by atoms with E-state index in [2.05, 4.69) is 97.8 Å². The summed E-state index contributed by atoms with van der Waals surface area (Å²) in [5.41, 5.74) is 3.36. The Morgan fingerprint density at radius 1 is 0.810 bits per heavy atom. The van der Waals surface area contributed by atoms with Gasteiger partial charge in [-0.05, 0) is 69.2 Å². The van der Waals surface area contributed by atoms with Gasteiger partial charge >= 0.3 is 8.56 Å². The minimum absolute atomic E-state index is 1.09. The Kier molecular flexibility index (Phi) is 6.41. The molecule has 6 heteroatoms. The summed E-state index contributed by atoms with van der Waals surface area (Å²) >= 11 is 3.46. The van der Waals surface area contributed by atoms with Crippen LogP contribution in [-0.2, 0) is 8.23 Å². The molecule has 0 aliphatic rings. The molecule has 118 valence electrons. The van der Waals surface area contributed by atoms with Crippen LogP contribution in [-0.4, -0.2) is 25.2 Å². The summed E-state index contributed by atoms with van der Waals surface area (Å²) in [6.45, 7) is 15.5. The van der Waals surface area contributed by atoms with E-state index in [0.717, 1.165) is 4.47 Å². The highest BCUT2D eigenvalue weighted by atomic mass is 79.9. The van der Waals surface area contributed by atoms with Gasteiger partial charge in [0.05, 0.1) is 0 Å². The van der Waals surface area contributed by atoms with Gasteiger partial charge in [0.2, 0.25) is 0 Å². The lowest BCUT2D eigenvalue weighted by atomic mass is 10.2. The molecule has 0 N–H and O–H groups in total. The molecule has 0 spiro atoms. The minimum Gasteiger partial charge on any atom is -0.434 e. The lowest BCUT2D eigenvalue weighted by Crippen LogP contribution is -2.51. The van der Waals surface area contributed by atoms with Crippen molar-refractivity contribution >= 4 is 47.2 Å². The zero-order valence-electron chi connectivity index (χ0n) is 14.2. The SMILES string of the molecule is C[Si](C)(C)O[Si](C)(/C=C\c1ccc(Br)cc1)O[Si](C)(C)C. The molecule has 0 aliphatic heterocycles. The van der Waals surface area contributed by atoms with Crippen molar-refractivity contribution in [3.63, 3.8) is 0 Å². The van der Waals surface area contributed by atoms with Gasteiger partial charge in [-0.1, -0.05) is 34.1 Å². The van der Waals surface area contributed by atoms with Gasteiger partial charge in [-0.3, -0.25) is 0 Å². The van der Waals surface area contributed by atoms with Crippen LogP contribution in [0.2, 0.25) is 45.8 Å². The van der Waals surface area contributed by atoms with Crippen molar-refractivity contribution in [2.45, 2.75) is 45.8 Å². The van der Waals surface area contributed by atoms with E-state index in [1.165, 1.54) is 5.56 Å². The third-order valence-electron chi connectivity index (χ3n) is 2.47. The molecule has 0 atom stereocenters. The fraction of sp³-hybridized carbons (Fsp3) is 0.467. The average molecular weight is 404 g/mol. The van der Waals surface area contributed by atoms with Crippen LogP contribution in [0.25, 0.3) is 6.08 Å². The lowest BCUT2D eigenvalue weighted by molar-refractivity contribution is 0.403. The van der Waals surface area contributed by atoms with Crippen molar-refractivity contribution in [1.82, 2.24) is 0 Å². The van der Waals surface area contributed by atoms with Gasteiger partial charge in [-0.15, -0.1) is 0 Å². The lowest BCUT2D eigenvalue weighted by Gasteiger charge is -2.36. The Morgan fingerprint density at radius 3 is 1.62 bits per heavy atom. The van der Waals surface area contributed by atoms with E-state index >= 15 is 0 Å². The van der Waals surface area contributed by atoms with E-state index in [1.807, 2.05) is 0 Å². The van der Waals surface area contributed by atoms with Crippen molar-refractivity contribution in [2.24, 2.45) is 0 Å². The molecule has 0 saturated carbocycles. The maximum atomic E-state index is 6.44. The molecule has 1 aromatic carbocycles. The fourth-order valence-corrected chi connectivity index (χ4v) is 13.7. The highest BCUT2D eigenvalue weighted by Gasteiger charge is 2.38. The summed E-state index contributed by atoms with van der Waals surface area (Å²) in [7, 11) is -5.56. The van der Waals surface area contributed by atoms with Crippen molar-refractivity contribution in [3.05, 3.63) is 40.0 Å². The summed E-state index contributed by atoms with van der Waals surface area (Å²) in [5.74, 6) is 0. The van der Waals surface area contributed by atoms with Crippen molar-refractivity contribution in [3.8, 4) is 0 Å². The molecule has 0 aromatic heterocycles. The molecule has 0 radical (unpaired) electrons. The largest absolute Gasteiger partial charge is 0.434 e. The second-order valence-corrected chi connectivity index (χ2v) is 20.7. The van der Waals surface area contributed by atoms with E-state index < -0.39 is 25.2 Å². The van der Waals surface area contributed by atoms with Gasteiger partial charge in [0.15, 0.2) is 16.6 Å². The number of hydrogen-bond acceptors (Lipinski definition) is 2. The Morgan fingerprint density at radius 2 is 1.24 bits per heavy atom. The maximum absolute atomic E-state index is 6.44. The van der Waals surface area contributed by atoms with Crippen LogP contribution in [0.5, 0.6) is 0 Å². The monoisotopic (exact) mass is 402 g/mol. The van der Waals surface area contributed by atoms with Crippen molar-refractivity contribution in [2.75, 3.05) is 0 Å². The maximum Gasteiger partial charge on any atom is 0.341 e. The first-order valence-corrected chi connectivity index (χ1v) is 17.2. The molecule has 1 aromatic rings. The van der Waals surface area contributed by atoms with Crippen LogP contribution in [0, 0.1) is 0 Å². The smallest absolute Gasteiger partial charge is 0.341 e. The van der Waals surface area contributed by atoms with Gasteiger partial charge in [0.25, 0.3) is 0 Å². The molecule has 0 saturated heterocycles. The minimum atomic E-state index is -2.29. The zero-order valence-corrected chi connectivity index (χ0v) is 18.7. The molecular weight excluding hydrogens is 376 g/mol. The summed E-state index contributed by atoms with van der Waals surface area (Å²) in [5, 5.41) is 0. The van der Waals surface area contributed by atoms with Crippen LogP contribution in [0.15, 0.2) is 34.4 Å².